The number of rotatable bonds is 4. The molecule has 19 heavy (non-hydrogen) atoms. The maximum Gasteiger partial charge on any atom is 0.219 e. The lowest BCUT2D eigenvalue weighted by Crippen LogP contribution is -2.07. The molecule has 1 aromatic carbocycles. The molecule has 1 aromatic heterocycles. The van der Waals surface area contributed by atoms with Crippen LogP contribution in [0, 0.1) is 0 Å². The zero-order valence-corrected chi connectivity index (χ0v) is 13.2. The van der Waals surface area contributed by atoms with Crippen molar-refractivity contribution in [3.05, 3.63) is 50.5 Å². The molecule has 0 bridgehead atoms. The van der Waals surface area contributed by atoms with E-state index in [4.69, 9.17) is 27.9 Å². The van der Waals surface area contributed by atoms with E-state index in [-0.39, 0.29) is 0 Å². The van der Waals surface area contributed by atoms with Crippen LogP contribution < -0.4 is 10.1 Å². The highest BCUT2D eigenvalue weighted by Gasteiger charge is 2.07. The van der Waals surface area contributed by atoms with Crippen LogP contribution in [0.1, 0.15) is 5.69 Å². The Morgan fingerprint density at radius 2 is 2.00 bits per heavy atom. The quantitative estimate of drug-likeness (QED) is 0.859. The molecular formula is C13H11BrCl2N2O. The fourth-order valence-corrected chi connectivity index (χ4v) is 2.37. The minimum Gasteiger partial charge on any atom is -0.437 e. The van der Waals surface area contributed by atoms with Crippen molar-refractivity contribution in [3.8, 4) is 11.6 Å². The minimum atomic E-state index is 0.457. The monoisotopic (exact) mass is 360 g/mol. The van der Waals surface area contributed by atoms with E-state index in [2.05, 4.69) is 26.2 Å². The summed E-state index contributed by atoms with van der Waals surface area (Å²) < 4.78 is 6.55. The Kier molecular flexibility index (Phi) is 5.05. The molecule has 0 saturated heterocycles. The Morgan fingerprint density at radius 1 is 1.21 bits per heavy atom. The molecule has 0 aliphatic rings. The zero-order valence-electron chi connectivity index (χ0n) is 10.1. The Morgan fingerprint density at radius 3 is 2.68 bits per heavy atom. The molecule has 6 heteroatoms. The van der Waals surface area contributed by atoms with E-state index in [1.807, 2.05) is 13.1 Å². The fraction of sp³-hybridized carbons (Fsp3) is 0.154. The Balaban J connectivity index is 2.25. The van der Waals surface area contributed by atoms with Gasteiger partial charge in [0, 0.05) is 17.1 Å². The molecule has 100 valence electrons. The molecule has 0 radical (unpaired) electrons. The lowest BCUT2D eigenvalue weighted by molar-refractivity contribution is 0.460. The van der Waals surface area contributed by atoms with Gasteiger partial charge in [-0.25, -0.2) is 4.98 Å². The van der Waals surface area contributed by atoms with Gasteiger partial charge in [0.25, 0.3) is 0 Å². The third-order valence-electron chi connectivity index (χ3n) is 2.35. The van der Waals surface area contributed by atoms with Gasteiger partial charge in [0.15, 0.2) is 0 Å². The van der Waals surface area contributed by atoms with Crippen LogP contribution in [0.2, 0.25) is 10.0 Å². The van der Waals surface area contributed by atoms with Crippen LogP contribution in [0.15, 0.2) is 34.8 Å². The highest BCUT2D eigenvalue weighted by molar-refractivity contribution is 9.10. The maximum atomic E-state index is 6.09. The summed E-state index contributed by atoms with van der Waals surface area (Å²) in [7, 11) is 1.83. The number of benzene rings is 1. The van der Waals surface area contributed by atoms with E-state index < -0.39 is 0 Å². The van der Waals surface area contributed by atoms with Crippen molar-refractivity contribution in [2.45, 2.75) is 6.54 Å². The van der Waals surface area contributed by atoms with Gasteiger partial charge >= 0.3 is 0 Å². The molecule has 0 amide bonds. The third kappa shape index (κ3) is 3.83. The number of nitrogens with one attached hydrogen (secondary N) is 1. The molecule has 2 rings (SSSR count). The minimum absolute atomic E-state index is 0.457. The predicted molar refractivity (Wildman–Crippen MR) is 81.2 cm³/mol. The first-order valence-electron chi connectivity index (χ1n) is 5.53. The van der Waals surface area contributed by atoms with Gasteiger partial charge in [0.2, 0.25) is 5.88 Å². The lowest BCUT2D eigenvalue weighted by Gasteiger charge is -2.09. The summed E-state index contributed by atoms with van der Waals surface area (Å²) in [6, 6.07) is 8.86. The molecular weight excluding hydrogens is 351 g/mol. The maximum absolute atomic E-state index is 6.09. The van der Waals surface area contributed by atoms with Crippen molar-refractivity contribution in [1.82, 2.24) is 10.3 Å². The summed E-state index contributed by atoms with van der Waals surface area (Å²) >= 11 is 15.5. The molecule has 0 aliphatic heterocycles. The zero-order chi connectivity index (χ0) is 13.8. The van der Waals surface area contributed by atoms with Crippen LogP contribution in [0.4, 0.5) is 0 Å². The molecule has 0 unspecified atom stereocenters. The van der Waals surface area contributed by atoms with Crippen molar-refractivity contribution in [2.24, 2.45) is 0 Å². The fourth-order valence-electron chi connectivity index (χ4n) is 1.48. The van der Waals surface area contributed by atoms with Gasteiger partial charge in [0.05, 0.1) is 15.7 Å². The molecule has 0 saturated carbocycles. The van der Waals surface area contributed by atoms with Crippen LogP contribution in [-0.4, -0.2) is 12.0 Å². The van der Waals surface area contributed by atoms with Crippen molar-refractivity contribution in [1.29, 1.82) is 0 Å². The second-order valence-electron chi connectivity index (χ2n) is 3.79. The van der Waals surface area contributed by atoms with Crippen LogP contribution in [0.25, 0.3) is 0 Å². The van der Waals surface area contributed by atoms with E-state index in [0.29, 0.717) is 28.2 Å². The standard InChI is InChI=1S/C13H11BrCl2N2O/c1-17-7-11-9(15)3-5-13(18-11)19-12-4-2-8(14)6-10(12)16/h2-6,17H,7H2,1H3. The number of hydrogen-bond acceptors (Lipinski definition) is 3. The Hall–Kier alpha value is -0.810. The summed E-state index contributed by atoms with van der Waals surface area (Å²) in [6.45, 7) is 0.574. The van der Waals surface area contributed by atoms with E-state index in [9.17, 15) is 0 Å². The lowest BCUT2D eigenvalue weighted by atomic mass is 10.3. The summed E-state index contributed by atoms with van der Waals surface area (Å²) in [5.41, 5.74) is 0.731. The second kappa shape index (κ2) is 6.57. The van der Waals surface area contributed by atoms with E-state index in [1.165, 1.54) is 0 Å². The van der Waals surface area contributed by atoms with Crippen molar-refractivity contribution >= 4 is 39.1 Å². The van der Waals surface area contributed by atoms with E-state index in [1.54, 1.807) is 24.3 Å². The molecule has 1 heterocycles. The van der Waals surface area contributed by atoms with Gasteiger partial charge in [0.1, 0.15) is 5.75 Å². The summed E-state index contributed by atoms with van der Waals surface area (Å²) in [5.74, 6) is 1.01. The molecule has 0 aliphatic carbocycles. The predicted octanol–water partition coefficient (Wildman–Crippen LogP) is 4.66. The van der Waals surface area contributed by atoms with E-state index in [0.717, 1.165) is 10.2 Å². The summed E-state index contributed by atoms with van der Waals surface area (Å²) in [5, 5.41) is 4.12. The molecule has 2 aromatic rings. The average Bonchev–Trinajstić information content (AvgIpc) is 2.37. The van der Waals surface area contributed by atoms with Gasteiger partial charge in [-0.2, -0.15) is 0 Å². The normalized spacial score (nSPS) is 10.5. The number of ether oxygens (including phenoxy) is 1. The smallest absolute Gasteiger partial charge is 0.219 e. The van der Waals surface area contributed by atoms with Gasteiger partial charge in [-0.15, -0.1) is 0 Å². The van der Waals surface area contributed by atoms with Gasteiger partial charge in [-0.05, 0) is 31.3 Å². The highest BCUT2D eigenvalue weighted by Crippen LogP contribution is 2.31. The number of nitrogens with zero attached hydrogens (tertiary/aromatic N) is 1. The topological polar surface area (TPSA) is 34.2 Å². The molecule has 0 fully saturated rings. The van der Waals surface area contributed by atoms with Crippen LogP contribution in [-0.2, 0) is 6.54 Å². The Labute approximate surface area is 130 Å². The third-order valence-corrected chi connectivity index (χ3v) is 3.48. The number of aromatic nitrogens is 1. The average molecular weight is 362 g/mol. The molecule has 1 N–H and O–H groups in total. The first-order chi connectivity index (χ1) is 9.10. The van der Waals surface area contributed by atoms with Crippen molar-refractivity contribution < 1.29 is 4.74 Å². The van der Waals surface area contributed by atoms with Gasteiger partial charge in [-0.1, -0.05) is 39.1 Å². The van der Waals surface area contributed by atoms with Crippen LogP contribution >= 0.6 is 39.1 Å². The van der Waals surface area contributed by atoms with Crippen molar-refractivity contribution in [2.75, 3.05) is 7.05 Å². The summed E-state index contributed by atoms with van der Waals surface area (Å²) in [6.07, 6.45) is 0. The van der Waals surface area contributed by atoms with Crippen molar-refractivity contribution in [3.63, 3.8) is 0 Å². The Bertz CT molecular complexity index is 593. The first kappa shape index (κ1) is 14.6. The SMILES string of the molecule is CNCc1nc(Oc2ccc(Br)cc2Cl)ccc1Cl. The number of hydrogen-bond donors (Lipinski definition) is 1. The summed E-state index contributed by atoms with van der Waals surface area (Å²) in [4.78, 5) is 4.33. The molecule has 0 spiro atoms. The molecule has 0 atom stereocenters. The largest absolute Gasteiger partial charge is 0.437 e. The second-order valence-corrected chi connectivity index (χ2v) is 5.52. The van der Waals surface area contributed by atoms with E-state index >= 15 is 0 Å². The van der Waals surface area contributed by atoms with Crippen LogP contribution in [0.5, 0.6) is 11.6 Å². The number of pyridine rings is 1. The van der Waals surface area contributed by atoms with Crippen LogP contribution in [0.3, 0.4) is 0 Å². The number of halogens is 3. The molecule has 3 nitrogen and oxygen atoms in total. The van der Waals surface area contributed by atoms with Gasteiger partial charge in [-0.3, -0.25) is 0 Å². The van der Waals surface area contributed by atoms with Gasteiger partial charge < -0.3 is 10.1 Å². The first-order valence-corrected chi connectivity index (χ1v) is 7.08. The highest BCUT2D eigenvalue weighted by atomic mass is 79.9.